The van der Waals surface area contributed by atoms with Crippen LogP contribution in [0.15, 0.2) is 24.3 Å². The third-order valence-electron chi connectivity index (χ3n) is 3.86. The quantitative estimate of drug-likeness (QED) is 0.633. The van der Waals surface area contributed by atoms with E-state index >= 15 is 0 Å². The van der Waals surface area contributed by atoms with Crippen molar-refractivity contribution in [1.82, 2.24) is 5.32 Å². The molecule has 0 saturated carbocycles. The lowest BCUT2D eigenvalue weighted by Gasteiger charge is -2.22. The maximum Gasteiger partial charge on any atom is 0.308 e. The molecule has 1 rings (SSSR count). The summed E-state index contributed by atoms with van der Waals surface area (Å²) in [5.41, 5.74) is 2.19. The molecule has 138 valence electrons. The first-order valence-corrected chi connectivity index (χ1v) is 8.55. The second-order valence-electron chi connectivity index (χ2n) is 6.24. The van der Waals surface area contributed by atoms with Crippen molar-refractivity contribution in [2.75, 3.05) is 6.61 Å². The number of carboxylic acid groups (broad SMARTS) is 1. The zero-order chi connectivity index (χ0) is 18.8. The number of rotatable bonds is 10. The van der Waals surface area contributed by atoms with Crippen molar-refractivity contribution < 1.29 is 24.2 Å². The van der Waals surface area contributed by atoms with E-state index in [2.05, 4.69) is 5.32 Å². The van der Waals surface area contributed by atoms with Gasteiger partial charge in [-0.05, 0) is 32.3 Å². The van der Waals surface area contributed by atoms with Gasteiger partial charge in [-0.2, -0.15) is 0 Å². The SMILES string of the molecule is CCOC(=O)[C@H](C)CC(Cc1ccc(C)cc1)NC(=O)CCC(=O)O. The summed E-state index contributed by atoms with van der Waals surface area (Å²) < 4.78 is 5.03. The molecule has 2 N–H and O–H groups in total. The van der Waals surface area contributed by atoms with Crippen LogP contribution in [0.25, 0.3) is 0 Å². The highest BCUT2D eigenvalue weighted by atomic mass is 16.5. The molecule has 0 saturated heterocycles. The summed E-state index contributed by atoms with van der Waals surface area (Å²) in [6.07, 6.45) is 0.721. The third kappa shape index (κ3) is 8.33. The summed E-state index contributed by atoms with van der Waals surface area (Å²) in [7, 11) is 0. The Labute approximate surface area is 148 Å². The fourth-order valence-electron chi connectivity index (χ4n) is 2.53. The van der Waals surface area contributed by atoms with Crippen molar-refractivity contribution in [3.63, 3.8) is 0 Å². The van der Waals surface area contributed by atoms with Gasteiger partial charge in [-0.25, -0.2) is 0 Å². The van der Waals surface area contributed by atoms with E-state index in [0.29, 0.717) is 19.4 Å². The average molecular weight is 349 g/mol. The Morgan fingerprint density at radius 2 is 1.80 bits per heavy atom. The number of benzene rings is 1. The van der Waals surface area contributed by atoms with Crippen LogP contribution in [0.5, 0.6) is 0 Å². The molecule has 0 heterocycles. The number of carboxylic acids is 1. The highest BCUT2D eigenvalue weighted by Gasteiger charge is 2.22. The van der Waals surface area contributed by atoms with E-state index in [1.807, 2.05) is 31.2 Å². The van der Waals surface area contributed by atoms with Gasteiger partial charge in [0.15, 0.2) is 0 Å². The minimum absolute atomic E-state index is 0.0759. The van der Waals surface area contributed by atoms with E-state index in [1.54, 1.807) is 13.8 Å². The molecule has 6 heteroatoms. The van der Waals surface area contributed by atoms with Gasteiger partial charge in [0.2, 0.25) is 5.91 Å². The first-order valence-electron chi connectivity index (χ1n) is 8.55. The Kier molecular flexibility index (Phi) is 8.67. The number of aliphatic carboxylic acids is 1. The van der Waals surface area contributed by atoms with E-state index in [1.165, 1.54) is 0 Å². The van der Waals surface area contributed by atoms with E-state index in [-0.39, 0.29) is 36.7 Å². The average Bonchev–Trinajstić information content (AvgIpc) is 2.55. The van der Waals surface area contributed by atoms with Crippen molar-refractivity contribution >= 4 is 17.8 Å². The zero-order valence-electron chi connectivity index (χ0n) is 15.1. The molecule has 1 amide bonds. The fraction of sp³-hybridized carbons (Fsp3) is 0.526. The van der Waals surface area contributed by atoms with Gasteiger partial charge in [-0.15, -0.1) is 0 Å². The van der Waals surface area contributed by atoms with E-state index in [9.17, 15) is 14.4 Å². The Balaban J connectivity index is 2.74. The lowest BCUT2D eigenvalue weighted by molar-refractivity contribution is -0.148. The Bertz CT molecular complexity index is 582. The number of aryl methyl sites for hydroxylation is 1. The highest BCUT2D eigenvalue weighted by Crippen LogP contribution is 2.14. The monoisotopic (exact) mass is 349 g/mol. The number of ether oxygens (including phenoxy) is 1. The summed E-state index contributed by atoms with van der Waals surface area (Å²) in [6.45, 7) is 5.83. The van der Waals surface area contributed by atoms with Crippen molar-refractivity contribution in [2.45, 2.75) is 52.5 Å². The van der Waals surface area contributed by atoms with Crippen LogP contribution in [0, 0.1) is 12.8 Å². The predicted octanol–water partition coefficient (Wildman–Crippen LogP) is 2.48. The Morgan fingerprint density at radius 3 is 2.36 bits per heavy atom. The maximum atomic E-state index is 12.0. The van der Waals surface area contributed by atoms with Crippen LogP contribution >= 0.6 is 0 Å². The van der Waals surface area contributed by atoms with Crippen LogP contribution < -0.4 is 5.32 Å². The van der Waals surface area contributed by atoms with Crippen LogP contribution in [0.3, 0.4) is 0 Å². The Hall–Kier alpha value is -2.37. The van der Waals surface area contributed by atoms with Gasteiger partial charge < -0.3 is 15.2 Å². The molecule has 0 aromatic heterocycles. The minimum atomic E-state index is -1.01. The lowest BCUT2D eigenvalue weighted by Crippen LogP contribution is -2.39. The molecule has 1 unspecified atom stereocenters. The molecular weight excluding hydrogens is 322 g/mol. The summed E-state index contributed by atoms with van der Waals surface area (Å²) in [5.74, 6) is -1.98. The van der Waals surface area contributed by atoms with Crippen molar-refractivity contribution in [3.8, 4) is 0 Å². The van der Waals surface area contributed by atoms with Gasteiger partial charge >= 0.3 is 11.9 Å². The van der Waals surface area contributed by atoms with E-state index in [0.717, 1.165) is 11.1 Å². The number of hydrogen-bond acceptors (Lipinski definition) is 4. The first kappa shape index (κ1) is 20.7. The third-order valence-corrected chi connectivity index (χ3v) is 3.86. The van der Waals surface area contributed by atoms with E-state index < -0.39 is 5.97 Å². The summed E-state index contributed by atoms with van der Waals surface area (Å²) in [4.78, 5) is 34.5. The predicted molar refractivity (Wildman–Crippen MR) is 94.1 cm³/mol. The van der Waals surface area contributed by atoms with Crippen LogP contribution in [0.2, 0.25) is 0 Å². The molecule has 2 atom stereocenters. The van der Waals surface area contributed by atoms with Gasteiger partial charge in [-0.1, -0.05) is 36.8 Å². The minimum Gasteiger partial charge on any atom is -0.481 e. The second kappa shape index (κ2) is 10.5. The molecule has 1 aromatic rings. The summed E-state index contributed by atoms with van der Waals surface area (Å²) in [5, 5.41) is 11.5. The molecule has 6 nitrogen and oxygen atoms in total. The standard InChI is InChI=1S/C19H27NO5/c1-4-25-19(24)14(3)11-16(20-17(21)9-10-18(22)23)12-15-7-5-13(2)6-8-15/h5-8,14,16H,4,9-12H2,1-3H3,(H,20,21)(H,22,23)/t14-,16?/m1/s1. The van der Waals surface area contributed by atoms with Gasteiger partial charge in [0.05, 0.1) is 18.9 Å². The van der Waals surface area contributed by atoms with Crippen LogP contribution in [-0.2, 0) is 25.5 Å². The van der Waals surface area contributed by atoms with Gasteiger partial charge in [0.25, 0.3) is 0 Å². The topological polar surface area (TPSA) is 92.7 Å². The summed E-state index contributed by atoms with van der Waals surface area (Å²) >= 11 is 0. The van der Waals surface area contributed by atoms with E-state index in [4.69, 9.17) is 9.84 Å². The van der Waals surface area contributed by atoms with Gasteiger partial charge in [0, 0.05) is 12.5 Å². The van der Waals surface area contributed by atoms with Crippen molar-refractivity contribution in [3.05, 3.63) is 35.4 Å². The molecular formula is C19H27NO5. The Morgan fingerprint density at radius 1 is 1.16 bits per heavy atom. The van der Waals surface area contributed by atoms with Crippen LogP contribution in [-0.4, -0.2) is 35.6 Å². The van der Waals surface area contributed by atoms with Gasteiger partial charge in [0.1, 0.15) is 0 Å². The molecule has 25 heavy (non-hydrogen) atoms. The summed E-state index contributed by atoms with van der Waals surface area (Å²) in [6, 6.07) is 7.70. The number of carbonyl (C=O) groups excluding carboxylic acids is 2. The molecule has 0 spiro atoms. The molecule has 0 aliphatic carbocycles. The van der Waals surface area contributed by atoms with Gasteiger partial charge in [-0.3, -0.25) is 14.4 Å². The van der Waals surface area contributed by atoms with Crippen molar-refractivity contribution in [2.24, 2.45) is 5.92 Å². The molecule has 0 fully saturated rings. The molecule has 0 aliphatic rings. The number of esters is 1. The van der Waals surface area contributed by atoms with Crippen molar-refractivity contribution in [1.29, 1.82) is 0 Å². The molecule has 1 aromatic carbocycles. The zero-order valence-corrected chi connectivity index (χ0v) is 15.1. The first-order chi connectivity index (χ1) is 11.8. The fourth-order valence-corrected chi connectivity index (χ4v) is 2.53. The van der Waals surface area contributed by atoms with Crippen LogP contribution in [0.4, 0.5) is 0 Å². The number of carbonyl (C=O) groups is 3. The normalized spacial score (nSPS) is 12.9. The lowest BCUT2D eigenvalue weighted by atomic mass is 9.95. The molecule has 0 radical (unpaired) electrons. The smallest absolute Gasteiger partial charge is 0.308 e. The number of nitrogens with one attached hydrogen (secondary N) is 1. The largest absolute Gasteiger partial charge is 0.481 e. The second-order valence-corrected chi connectivity index (χ2v) is 6.24. The molecule has 0 bridgehead atoms. The van der Waals surface area contributed by atoms with Crippen LogP contribution in [0.1, 0.15) is 44.2 Å². The molecule has 0 aliphatic heterocycles. The number of amides is 1. The number of hydrogen-bond donors (Lipinski definition) is 2. The maximum absolute atomic E-state index is 12.0. The highest BCUT2D eigenvalue weighted by molar-refractivity contribution is 5.81.